The predicted molar refractivity (Wildman–Crippen MR) is 88.9 cm³/mol. The van der Waals surface area contributed by atoms with Gasteiger partial charge in [0, 0.05) is 29.2 Å². The number of halogens is 2. The Hall–Kier alpha value is -1.78. The molecule has 0 radical (unpaired) electrons. The molecule has 1 aliphatic heterocycles. The standard InChI is InChI=1S/C14H16F2N4O2S2/c1-8-11(19-9-2-3-17-5-9)4-10(15)14(13(8)16)24(21,22)20-12-6-23-7-18-12/h4,6-7,9,17,19-20H,2-3,5H2,1H3. The minimum atomic E-state index is -4.41. The van der Waals surface area contributed by atoms with Crippen molar-refractivity contribution < 1.29 is 17.2 Å². The number of hydrogen-bond donors (Lipinski definition) is 3. The summed E-state index contributed by atoms with van der Waals surface area (Å²) >= 11 is 1.17. The maximum Gasteiger partial charge on any atom is 0.268 e. The van der Waals surface area contributed by atoms with Crippen LogP contribution in [0.15, 0.2) is 21.9 Å². The Morgan fingerprint density at radius 3 is 2.83 bits per heavy atom. The van der Waals surface area contributed by atoms with E-state index >= 15 is 0 Å². The van der Waals surface area contributed by atoms with Crippen molar-refractivity contribution in [2.24, 2.45) is 0 Å². The first-order valence-corrected chi connectivity index (χ1v) is 9.68. The van der Waals surface area contributed by atoms with E-state index in [-0.39, 0.29) is 23.1 Å². The number of nitrogens with zero attached hydrogens (tertiary/aromatic N) is 1. The molecule has 1 unspecified atom stereocenters. The van der Waals surface area contributed by atoms with Crippen LogP contribution < -0.4 is 15.4 Å². The van der Waals surface area contributed by atoms with Crippen LogP contribution in [0.25, 0.3) is 0 Å². The lowest BCUT2D eigenvalue weighted by molar-refractivity contribution is 0.517. The first-order valence-electron chi connectivity index (χ1n) is 7.25. The molecule has 2 aromatic rings. The van der Waals surface area contributed by atoms with Crippen LogP contribution >= 0.6 is 11.3 Å². The summed E-state index contributed by atoms with van der Waals surface area (Å²) < 4.78 is 55.6. The van der Waals surface area contributed by atoms with Crippen molar-refractivity contribution in [3.05, 3.63) is 34.2 Å². The van der Waals surface area contributed by atoms with Gasteiger partial charge in [0.2, 0.25) is 0 Å². The Morgan fingerprint density at radius 1 is 1.42 bits per heavy atom. The van der Waals surface area contributed by atoms with Gasteiger partial charge in [-0.3, -0.25) is 4.72 Å². The number of hydrogen-bond acceptors (Lipinski definition) is 6. The fourth-order valence-electron chi connectivity index (χ4n) is 2.54. The average Bonchev–Trinajstić information content (AvgIpc) is 3.17. The summed E-state index contributed by atoms with van der Waals surface area (Å²) in [7, 11) is -4.41. The molecule has 130 valence electrons. The molecule has 2 heterocycles. The van der Waals surface area contributed by atoms with Crippen LogP contribution in [0, 0.1) is 18.6 Å². The van der Waals surface area contributed by atoms with Crippen molar-refractivity contribution in [1.29, 1.82) is 0 Å². The van der Waals surface area contributed by atoms with Crippen molar-refractivity contribution in [2.75, 3.05) is 23.1 Å². The first kappa shape index (κ1) is 17.1. The number of aromatic nitrogens is 1. The van der Waals surface area contributed by atoms with Gasteiger partial charge >= 0.3 is 0 Å². The highest BCUT2D eigenvalue weighted by molar-refractivity contribution is 7.92. The molecule has 6 nitrogen and oxygen atoms in total. The average molecular weight is 374 g/mol. The van der Waals surface area contributed by atoms with Gasteiger partial charge in [-0.2, -0.15) is 0 Å². The van der Waals surface area contributed by atoms with Gasteiger partial charge in [0.1, 0.15) is 5.82 Å². The third-order valence-corrected chi connectivity index (χ3v) is 5.76. The van der Waals surface area contributed by atoms with E-state index in [1.54, 1.807) is 0 Å². The second kappa shape index (κ2) is 6.61. The molecule has 1 aromatic carbocycles. The number of nitrogens with one attached hydrogen (secondary N) is 3. The van der Waals surface area contributed by atoms with Crippen LogP contribution in [0.5, 0.6) is 0 Å². The molecular formula is C14H16F2N4O2S2. The summed E-state index contributed by atoms with van der Waals surface area (Å²) in [4.78, 5) is 2.76. The Kier molecular flexibility index (Phi) is 4.70. The van der Waals surface area contributed by atoms with Gasteiger partial charge < -0.3 is 10.6 Å². The molecule has 1 aliphatic rings. The molecule has 3 rings (SSSR count). The van der Waals surface area contributed by atoms with Crippen LogP contribution in [-0.4, -0.2) is 32.5 Å². The Labute approximate surface area is 142 Å². The van der Waals surface area contributed by atoms with E-state index in [4.69, 9.17) is 0 Å². The lowest BCUT2D eigenvalue weighted by atomic mass is 10.1. The molecule has 1 atom stereocenters. The topological polar surface area (TPSA) is 83.1 Å². The lowest BCUT2D eigenvalue weighted by Gasteiger charge is -2.18. The van der Waals surface area contributed by atoms with Crippen molar-refractivity contribution in [2.45, 2.75) is 24.3 Å². The zero-order chi connectivity index (χ0) is 17.3. The van der Waals surface area contributed by atoms with E-state index in [0.29, 0.717) is 6.54 Å². The molecule has 1 saturated heterocycles. The monoisotopic (exact) mass is 374 g/mol. The number of thiazole rings is 1. The summed E-state index contributed by atoms with van der Waals surface area (Å²) in [5.74, 6) is -2.23. The van der Waals surface area contributed by atoms with E-state index in [0.717, 1.165) is 19.0 Å². The highest BCUT2D eigenvalue weighted by Gasteiger charge is 2.28. The normalized spacial score (nSPS) is 17.9. The summed E-state index contributed by atoms with van der Waals surface area (Å²) in [5.41, 5.74) is 1.73. The third kappa shape index (κ3) is 3.35. The maximum atomic E-state index is 14.6. The Balaban J connectivity index is 1.95. The number of anilines is 2. The molecule has 1 aromatic heterocycles. The summed E-state index contributed by atoms with van der Waals surface area (Å²) in [6.45, 7) is 2.93. The van der Waals surface area contributed by atoms with Gasteiger partial charge in [-0.05, 0) is 26.0 Å². The fraction of sp³-hybridized carbons (Fsp3) is 0.357. The predicted octanol–water partition coefficient (Wildman–Crippen LogP) is 2.30. The van der Waals surface area contributed by atoms with Crippen LogP contribution in [0.2, 0.25) is 0 Å². The van der Waals surface area contributed by atoms with Gasteiger partial charge in [-0.25, -0.2) is 22.2 Å². The summed E-state index contributed by atoms with van der Waals surface area (Å²) in [6.07, 6.45) is 0.827. The van der Waals surface area contributed by atoms with Crippen molar-refractivity contribution in [3.63, 3.8) is 0 Å². The Morgan fingerprint density at radius 2 is 2.21 bits per heavy atom. The number of sulfonamides is 1. The van der Waals surface area contributed by atoms with Crippen molar-refractivity contribution in [1.82, 2.24) is 10.3 Å². The van der Waals surface area contributed by atoms with E-state index in [1.807, 2.05) is 0 Å². The van der Waals surface area contributed by atoms with E-state index in [9.17, 15) is 17.2 Å². The summed E-state index contributed by atoms with van der Waals surface area (Å²) in [5, 5.41) is 7.62. The molecule has 3 N–H and O–H groups in total. The van der Waals surface area contributed by atoms with E-state index in [2.05, 4.69) is 20.3 Å². The molecule has 0 aliphatic carbocycles. The molecule has 10 heteroatoms. The van der Waals surface area contributed by atoms with Crippen molar-refractivity contribution >= 4 is 32.9 Å². The third-order valence-electron chi connectivity index (χ3n) is 3.78. The van der Waals surface area contributed by atoms with E-state index in [1.165, 1.54) is 29.2 Å². The van der Waals surface area contributed by atoms with Gasteiger partial charge in [-0.1, -0.05) is 0 Å². The second-order valence-corrected chi connectivity index (χ2v) is 7.83. The quantitative estimate of drug-likeness (QED) is 0.748. The molecule has 0 spiro atoms. The van der Waals surface area contributed by atoms with Gasteiger partial charge in [0.25, 0.3) is 10.0 Å². The zero-order valence-electron chi connectivity index (χ0n) is 12.8. The molecule has 1 fully saturated rings. The van der Waals surface area contributed by atoms with Crippen molar-refractivity contribution in [3.8, 4) is 0 Å². The lowest BCUT2D eigenvalue weighted by Crippen LogP contribution is -2.24. The summed E-state index contributed by atoms with van der Waals surface area (Å²) in [6, 6.07) is 1.07. The van der Waals surface area contributed by atoms with Crippen LogP contribution in [0.4, 0.5) is 20.3 Å². The van der Waals surface area contributed by atoms with Gasteiger partial charge in [0.15, 0.2) is 16.5 Å². The maximum absolute atomic E-state index is 14.6. The largest absolute Gasteiger partial charge is 0.381 e. The number of rotatable bonds is 5. The SMILES string of the molecule is Cc1c(NC2CCNC2)cc(F)c(S(=O)(=O)Nc2cscn2)c1F. The second-order valence-electron chi connectivity index (χ2n) is 5.49. The highest BCUT2D eigenvalue weighted by atomic mass is 32.2. The minimum Gasteiger partial charge on any atom is -0.381 e. The molecule has 0 bridgehead atoms. The molecule has 24 heavy (non-hydrogen) atoms. The zero-order valence-corrected chi connectivity index (χ0v) is 14.4. The molecule has 0 amide bonds. The van der Waals surface area contributed by atoms with Crippen LogP contribution in [-0.2, 0) is 10.0 Å². The minimum absolute atomic E-state index is 0.0238. The number of benzene rings is 1. The van der Waals surface area contributed by atoms with Gasteiger partial charge in [0.05, 0.1) is 5.51 Å². The first-order chi connectivity index (χ1) is 11.4. The fourth-order valence-corrected chi connectivity index (χ4v) is 4.29. The Bertz CT molecular complexity index is 835. The van der Waals surface area contributed by atoms with Crippen LogP contribution in [0.3, 0.4) is 0 Å². The van der Waals surface area contributed by atoms with Gasteiger partial charge in [-0.15, -0.1) is 11.3 Å². The highest BCUT2D eigenvalue weighted by Crippen LogP contribution is 2.30. The van der Waals surface area contributed by atoms with Crippen LogP contribution in [0.1, 0.15) is 12.0 Å². The molecule has 0 saturated carbocycles. The molecular weight excluding hydrogens is 358 g/mol. The van der Waals surface area contributed by atoms with E-state index < -0.39 is 26.6 Å². The smallest absolute Gasteiger partial charge is 0.268 e.